The van der Waals surface area contributed by atoms with Gasteiger partial charge in [0.2, 0.25) is 0 Å². The Bertz CT molecular complexity index is 2410. The van der Waals surface area contributed by atoms with E-state index in [1.54, 1.807) is 0 Å². The molecule has 0 fully saturated rings. The number of pyridine rings is 1. The minimum atomic E-state index is -0.266. The number of nitrogens with zero attached hydrogens (tertiary/aromatic N) is 3. The van der Waals surface area contributed by atoms with Crippen LogP contribution in [-0.2, 0) is 43.1 Å². The van der Waals surface area contributed by atoms with Crippen molar-refractivity contribution < 1.29 is 30.5 Å². The van der Waals surface area contributed by atoms with Crippen molar-refractivity contribution in [2.45, 2.75) is 77.4 Å². The third-order valence-corrected chi connectivity index (χ3v) is 11.2. The van der Waals surface area contributed by atoms with Crippen LogP contribution in [0.3, 0.4) is 0 Å². The van der Waals surface area contributed by atoms with E-state index in [9.17, 15) is 0 Å². The normalized spacial score (nSPS) is 17.9. The molecule has 6 aromatic rings. The molecular weight excluding hydrogens is 846 g/mol. The van der Waals surface area contributed by atoms with Gasteiger partial charge in [0.05, 0.1) is 6.04 Å². The van der Waals surface area contributed by atoms with Gasteiger partial charge >= 0.3 is 21.1 Å². The molecule has 5 aromatic carbocycles. The van der Waals surface area contributed by atoms with Gasteiger partial charge in [0.1, 0.15) is 17.8 Å². The zero-order valence-electron chi connectivity index (χ0n) is 31.5. The first-order chi connectivity index (χ1) is 25.5. The van der Waals surface area contributed by atoms with Crippen LogP contribution in [0.15, 0.2) is 120 Å². The number of ether oxygens (including phenoxy) is 2. The Morgan fingerprint density at radius 3 is 2.43 bits per heavy atom. The van der Waals surface area contributed by atoms with Gasteiger partial charge in [-0.2, -0.15) is 6.07 Å². The number of aryl methyl sites for hydroxylation is 1. The van der Waals surface area contributed by atoms with Crippen molar-refractivity contribution in [2.24, 2.45) is 4.99 Å². The second kappa shape index (κ2) is 13.7. The summed E-state index contributed by atoms with van der Waals surface area (Å²) in [4.78, 5) is 12.3. The van der Waals surface area contributed by atoms with Crippen LogP contribution in [0.2, 0.25) is 0 Å². The average Bonchev–Trinajstić information content (AvgIpc) is 3.61. The molecule has 272 valence electrons. The monoisotopic (exact) mass is 888 g/mol. The molecule has 0 saturated heterocycles. The number of benzene rings is 5. The van der Waals surface area contributed by atoms with Gasteiger partial charge in [-0.05, 0) is 82.2 Å². The summed E-state index contributed by atoms with van der Waals surface area (Å²) in [6, 6.07) is 45.4. The third-order valence-electron chi connectivity index (χ3n) is 11.2. The fraction of sp³-hybridized carbons (Fsp3) is 0.250. The van der Waals surface area contributed by atoms with Crippen molar-refractivity contribution in [1.29, 1.82) is 0 Å². The average molecular weight is 889 g/mol. The Hall–Kier alpha value is -4.99. The van der Waals surface area contributed by atoms with Crippen LogP contribution in [0, 0.1) is 19.1 Å². The van der Waals surface area contributed by atoms with Crippen molar-refractivity contribution in [1.82, 2.24) is 4.98 Å². The number of fused-ring (bicyclic) bond motifs is 5. The summed E-state index contributed by atoms with van der Waals surface area (Å²) < 4.78 is 13.4. The van der Waals surface area contributed by atoms with Crippen molar-refractivity contribution in [3.63, 3.8) is 0 Å². The van der Waals surface area contributed by atoms with E-state index in [4.69, 9.17) is 19.5 Å². The van der Waals surface area contributed by atoms with Gasteiger partial charge in [0.25, 0.3) is 0 Å². The van der Waals surface area contributed by atoms with Crippen LogP contribution in [-0.4, -0.2) is 16.9 Å². The minimum absolute atomic E-state index is 0. The van der Waals surface area contributed by atoms with Crippen LogP contribution in [0.1, 0.15) is 86.1 Å². The number of aromatic nitrogens is 1. The zero-order chi connectivity index (χ0) is 36.5. The molecule has 0 spiro atoms. The number of hydrogen-bond donors (Lipinski definition) is 0. The Kier molecular flexibility index (Phi) is 9.13. The second-order valence-electron chi connectivity index (χ2n) is 16.1. The predicted octanol–water partition coefficient (Wildman–Crippen LogP) is 11.7. The second-order valence-corrected chi connectivity index (χ2v) is 16.1. The Morgan fingerprint density at radius 2 is 1.61 bits per heavy atom. The topological polar surface area (TPSA) is 47.0 Å². The molecule has 9 rings (SSSR count). The van der Waals surface area contributed by atoms with E-state index < -0.39 is 0 Å². The maximum atomic E-state index is 6.75. The molecule has 3 heterocycles. The molecular formula is C48H43N3O2Pt. The van der Waals surface area contributed by atoms with Crippen molar-refractivity contribution in [2.75, 3.05) is 4.90 Å². The van der Waals surface area contributed by atoms with E-state index in [-0.39, 0.29) is 44.0 Å². The summed E-state index contributed by atoms with van der Waals surface area (Å²) in [6.07, 6.45) is 3.78. The van der Waals surface area contributed by atoms with E-state index >= 15 is 0 Å². The largest absolute Gasteiger partial charge is 2.00 e. The number of hydrogen-bond acceptors (Lipinski definition) is 5. The molecule has 0 unspecified atom stereocenters. The van der Waals surface area contributed by atoms with Gasteiger partial charge in [0, 0.05) is 23.4 Å². The molecule has 0 saturated carbocycles. The van der Waals surface area contributed by atoms with E-state index in [1.807, 2.05) is 24.4 Å². The number of rotatable bonds is 5. The summed E-state index contributed by atoms with van der Waals surface area (Å²) in [6.45, 7) is 13.4. The molecule has 6 heteroatoms. The van der Waals surface area contributed by atoms with Crippen LogP contribution in [0.4, 0.5) is 17.2 Å². The van der Waals surface area contributed by atoms with E-state index in [0.29, 0.717) is 17.4 Å². The van der Waals surface area contributed by atoms with Gasteiger partial charge in [-0.15, -0.1) is 23.8 Å². The molecule has 1 aliphatic carbocycles. The van der Waals surface area contributed by atoms with E-state index in [1.165, 1.54) is 27.8 Å². The molecule has 54 heavy (non-hydrogen) atoms. The summed E-state index contributed by atoms with van der Waals surface area (Å²) >= 11 is 0. The van der Waals surface area contributed by atoms with Gasteiger partial charge < -0.3 is 14.4 Å². The molecule has 2 aliphatic heterocycles. The van der Waals surface area contributed by atoms with E-state index in [0.717, 1.165) is 52.3 Å². The predicted molar refractivity (Wildman–Crippen MR) is 213 cm³/mol. The molecule has 5 nitrogen and oxygen atoms in total. The molecule has 0 bridgehead atoms. The first-order valence-corrected chi connectivity index (χ1v) is 18.6. The van der Waals surface area contributed by atoms with Crippen LogP contribution in [0.25, 0.3) is 11.1 Å². The third kappa shape index (κ3) is 6.27. The molecule has 3 aliphatic rings. The molecule has 1 aromatic heterocycles. The number of para-hydroxylation sites is 1. The fourth-order valence-electron chi connectivity index (χ4n) is 8.23. The fourth-order valence-corrected chi connectivity index (χ4v) is 8.23. The Balaban J connectivity index is 0.00000413. The zero-order valence-corrected chi connectivity index (χ0v) is 33.8. The molecule has 0 radical (unpaired) electrons. The number of aliphatic imine (C=N–C) groups is 1. The van der Waals surface area contributed by atoms with Crippen LogP contribution < -0.4 is 9.64 Å². The molecule has 0 amide bonds. The quantitative estimate of drug-likeness (QED) is 0.162. The van der Waals surface area contributed by atoms with Gasteiger partial charge in [0.15, 0.2) is 0 Å². The summed E-state index contributed by atoms with van der Waals surface area (Å²) in [5.41, 5.74) is 12.1. The van der Waals surface area contributed by atoms with Crippen LogP contribution in [0.5, 0.6) is 11.5 Å². The smallest absolute Gasteiger partial charge is 0.510 e. The molecule has 0 N–H and O–H groups in total. The van der Waals surface area contributed by atoms with Gasteiger partial charge in [-0.25, -0.2) is 4.98 Å². The summed E-state index contributed by atoms with van der Waals surface area (Å²) in [5.74, 6) is 2.63. The maximum Gasteiger partial charge on any atom is 2.00 e. The Labute approximate surface area is 333 Å². The van der Waals surface area contributed by atoms with Gasteiger partial charge in [-0.1, -0.05) is 130 Å². The minimum Gasteiger partial charge on any atom is -0.510 e. The molecule has 2 atom stereocenters. The first-order valence-electron chi connectivity index (χ1n) is 18.6. The van der Waals surface area contributed by atoms with Crippen molar-refractivity contribution >= 4 is 23.1 Å². The standard InChI is InChI=1S/C48H43N3O2.Pt/c1-30-13-12-16-38-37(30)20-22-41-45(38)53-46(50-41)33-25-32(31-14-8-7-9-15-31)26-36(27-33)52-35-19-21-40-43(29-35)51(42-18-11-10-17-39(42)48(40,5)6)44-28-34(23-24-49-44)47(2,3)4;/h7-19,21,23-26,28,41,45H,20,22H2,1-6H3;/q-2;+2/t41-,45+;/m1./s1. The van der Waals surface area contributed by atoms with Crippen LogP contribution >= 0.6 is 0 Å². The van der Waals surface area contributed by atoms with Crippen molar-refractivity contribution in [3.05, 3.63) is 166 Å². The summed E-state index contributed by atoms with van der Waals surface area (Å²) in [7, 11) is 0. The van der Waals surface area contributed by atoms with Crippen molar-refractivity contribution in [3.8, 4) is 22.6 Å². The SMILES string of the molecule is Cc1cccc2c1CC[C@H]1N=C(c3[c-]c(Oc4[c-]c5c(cc4)C(C)(C)c4ccccc4N5c4cc(C(C)(C)C)ccn4)cc(-c4ccccc4)c3)O[C@@H]21.[Pt+2]. The maximum absolute atomic E-state index is 6.75. The summed E-state index contributed by atoms with van der Waals surface area (Å²) in [5, 5.41) is 0. The first kappa shape index (κ1) is 36.0. The Morgan fingerprint density at radius 1 is 0.815 bits per heavy atom. The van der Waals surface area contributed by atoms with Gasteiger partial charge in [-0.3, -0.25) is 4.99 Å². The van der Waals surface area contributed by atoms with E-state index in [2.05, 4.69) is 150 Å². The number of anilines is 3.